The van der Waals surface area contributed by atoms with Gasteiger partial charge in [-0.2, -0.15) is 0 Å². The minimum absolute atomic E-state index is 0.0405. The number of aliphatic carboxylic acids is 1. The van der Waals surface area contributed by atoms with E-state index in [0.717, 1.165) is 0 Å². The fourth-order valence-corrected chi connectivity index (χ4v) is 1.93. The van der Waals surface area contributed by atoms with Crippen LogP contribution >= 0.6 is 15.9 Å². The summed E-state index contributed by atoms with van der Waals surface area (Å²) in [5.74, 6) is -0.984. The summed E-state index contributed by atoms with van der Waals surface area (Å²) in [5.41, 5.74) is -0.454. The molecule has 1 aromatic carbocycles. The van der Waals surface area contributed by atoms with Gasteiger partial charge in [0.15, 0.2) is 0 Å². The third-order valence-electron chi connectivity index (χ3n) is 2.74. The predicted molar refractivity (Wildman–Crippen MR) is 70.4 cm³/mol. The number of non-ortho nitro benzene ring substituents is 1. The largest absolute Gasteiger partial charge is 0.481 e. The van der Waals surface area contributed by atoms with Crippen LogP contribution in [-0.2, 0) is 11.2 Å². The summed E-state index contributed by atoms with van der Waals surface area (Å²) in [6.45, 7) is 5.07. The molecule has 0 amide bonds. The molecule has 0 aliphatic carbocycles. The van der Waals surface area contributed by atoms with Crippen LogP contribution in [0.15, 0.2) is 35.3 Å². The molecule has 0 bridgehead atoms. The molecule has 5 nitrogen and oxygen atoms in total. The van der Waals surface area contributed by atoms with Crippen LogP contribution in [0.3, 0.4) is 0 Å². The van der Waals surface area contributed by atoms with Crippen molar-refractivity contribution in [1.82, 2.24) is 0 Å². The summed E-state index contributed by atoms with van der Waals surface area (Å²) < 4.78 is 0.519. The quantitative estimate of drug-likeness (QED) is 0.514. The fourth-order valence-electron chi connectivity index (χ4n) is 1.42. The molecular weight excluding hydrogens is 302 g/mol. The van der Waals surface area contributed by atoms with Gasteiger partial charge in [-0.25, -0.2) is 0 Å². The number of nitrogens with zero attached hydrogens (tertiary/aromatic N) is 1. The fraction of sp³-hybridized carbons (Fsp3) is 0.250. The first-order valence-corrected chi connectivity index (χ1v) is 5.89. The number of hydrogen-bond donors (Lipinski definition) is 1. The van der Waals surface area contributed by atoms with Crippen molar-refractivity contribution in [3.8, 4) is 0 Å². The molecule has 1 unspecified atom stereocenters. The van der Waals surface area contributed by atoms with Gasteiger partial charge in [0.1, 0.15) is 0 Å². The molecule has 1 atom stereocenters. The molecular formula is C12H12BrNO4. The van der Waals surface area contributed by atoms with Crippen molar-refractivity contribution in [1.29, 1.82) is 0 Å². The van der Waals surface area contributed by atoms with Crippen molar-refractivity contribution < 1.29 is 14.8 Å². The predicted octanol–water partition coefficient (Wildman–Crippen LogP) is 3.18. The summed E-state index contributed by atoms with van der Waals surface area (Å²) in [4.78, 5) is 21.2. The summed E-state index contributed by atoms with van der Waals surface area (Å²) in [6.07, 6.45) is 1.58. The van der Waals surface area contributed by atoms with Gasteiger partial charge in [0, 0.05) is 16.6 Å². The van der Waals surface area contributed by atoms with Crippen LogP contribution in [0.2, 0.25) is 0 Å². The first kappa shape index (κ1) is 14.4. The smallest absolute Gasteiger partial charge is 0.313 e. The monoisotopic (exact) mass is 313 g/mol. The van der Waals surface area contributed by atoms with Gasteiger partial charge in [-0.1, -0.05) is 28.1 Å². The lowest BCUT2D eigenvalue weighted by Crippen LogP contribution is -2.27. The van der Waals surface area contributed by atoms with Gasteiger partial charge >= 0.3 is 5.97 Å². The standard InChI is InChI=1S/C12H12BrNO4/c1-3-12(2,11(15)16)7-8-4-5-9(14(17)18)6-10(8)13/h3-6H,1,7H2,2H3,(H,15,16). The molecule has 18 heavy (non-hydrogen) atoms. The van der Waals surface area contributed by atoms with Crippen LogP contribution in [0, 0.1) is 15.5 Å². The van der Waals surface area contributed by atoms with Gasteiger partial charge in [0.25, 0.3) is 5.69 Å². The number of carboxylic acid groups (broad SMARTS) is 1. The highest BCUT2D eigenvalue weighted by atomic mass is 79.9. The molecule has 6 heteroatoms. The van der Waals surface area contributed by atoms with Crippen LogP contribution in [-0.4, -0.2) is 16.0 Å². The number of rotatable bonds is 5. The Morgan fingerprint density at radius 3 is 2.67 bits per heavy atom. The molecule has 0 saturated carbocycles. The molecule has 0 fully saturated rings. The summed E-state index contributed by atoms with van der Waals surface area (Å²) in [5, 5.41) is 19.7. The van der Waals surface area contributed by atoms with E-state index in [-0.39, 0.29) is 12.1 Å². The van der Waals surface area contributed by atoms with E-state index in [2.05, 4.69) is 22.5 Å². The lowest BCUT2D eigenvalue weighted by molar-refractivity contribution is -0.384. The van der Waals surface area contributed by atoms with E-state index in [4.69, 9.17) is 5.11 Å². The zero-order chi connectivity index (χ0) is 13.9. The van der Waals surface area contributed by atoms with Crippen molar-refractivity contribution >= 4 is 27.6 Å². The molecule has 0 spiro atoms. The zero-order valence-electron chi connectivity index (χ0n) is 9.72. The van der Waals surface area contributed by atoms with E-state index in [1.54, 1.807) is 13.0 Å². The summed E-state index contributed by atoms with van der Waals surface area (Å²) >= 11 is 3.21. The second-order valence-electron chi connectivity index (χ2n) is 4.14. The average Bonchev–Trinajstić information content (AvgIpc) is 2.31. The molecule has 0 heterocycles. The van der Waals surface area contributed by atoms with Crippen molar-refractivity contribution in [3.05, 3.63) is 51.0 Å². The van der Waals surface area contributed by atoms with Gasteiger partial charge in [0.05, 0.1) is 10.3 Å². The highest BCUT2D eigenvalue weighted by molar-refractivity contribution is 9.10. The number of hydrogen-bond acceptors (Lipinski definition) is 3. The third-order valence-corrected chi connectivity index (χ3v) is 3.48. The molecule has 1 rings (SSSR count). The number of nitro benzene ring substituents is 1. The van der Waals surface area contributed by atoms with Crippen LogP contribution in [0.4, 0.5) is 5.69 Å². The SMILES string of the molecule is C=CC(C)(Cc1ccc([N+](=O)[O-])cc1Br)C(=O)O. The Balaban J connectivity index is 3.09. The highest BCUT2D eigenvalue weighted by Gasteiger charge is 2.30. The van der Waals surface area contributed by atoms with E-state index < -0.39 is 16.3 Å². The summed E-state index contributed by atoms with van der Waals surface area (Å²) in [7, 11) is 0. The van der Waals surface area contributed by atoms with E-state index in [9.17, 15) is 14.9 Å². The van der Waals surface area contributed by atoms with Crippen molar-refractivity contribution in [3.63, 3.8) is 0 Å². The lowest BCUT2D eigenvalue weighted by atomic mass is 9.84. The van der Waals surface area contributed by atoms with Crippen LogP contribution < -0.4 is 0 Å². The van der Waals surface area contributed by atoms with E-state index in [0.29, 0.717) is 10.0 Å². The van der Waals surface area contributed by atoms with Gasteiger partial charge in [-0.3, -0.25) is 14.9 Å². The molecule has 1 aromatic rings. The minimum atomic E-state index is -1.10. The number of nitro groups is 1. The van der Waals surface area contributed by atoms with Crippen LogP contribution in [0.5, 0.6) is 0 Å². The first-order valence-electron chi connectivity index (χ1n) is 5.10. The van der Waals surface area contributed by atoms with Crippen LogP contribution in [0.1, 0.15) is 12.5 Å². The van der Waals surface area contributed by atoms with Gasteiger partial charge in [-0.05, 0) is 18.9 Å². The summed E-state index contributed by atoms with van der Waals surface area (Å²) in [6, 6.07) is 4.26. The lowest BCUT2D eigenvalue weighted by Gasteiger charge is -2.20. The van der Waals surface area contributed by atoms with E-state index in [1.807, 2.05) is 0 Å². The maximum absolute atomic E-state index is 11.1. The molecule has 96 valence electrons. The average molecular weight is 314 g/mol. The normalized spacial score (nSPS) is 13.7. The van der Waals surface area contributed by atoms with Crippen LogP contribution in [0.25, 0.3) is 0 Å². The Labute approximate surface area is 112 Å². The molecule has 0 aromatic heterocycles. The van der Waals surface area contributed by atoms with Crippen molar-refractivity contribution in [2.45, 2.75) is 13.3 Å². The topological polar surface area (TPSA) is 80.4 Å². The van der Waals surface area contributed by atoms with Gasteiger partial charge in [-0.15, -0.1) is 6.58 Å². The minimum Gasteiger partial charge on any atom is -0.481 e. The van der Waals surface area contributed by atoms with E-state index >= 15 is 0 Å². The maximum atomic E-state index is 11.1. The number of benzene rings is 1. The molecule has 1 N–H and O–H groups in total. The zero-order valence-corrected chi connectivity index (χ0v) is 11.3. The Morgan fingerprint density at radius 1 is 1.67 bits per heavy atom. The second kappa shape index (κ2) is 5.30. The first-order chi connectivity index (χ1) is 8.30. The van der Waals surface area contributed by atoms with Gasteiger partial charge < -0.3 is 5.11 Å². The molecule has 0 aliphatic rings. The molecule has 0 saturated heterocycles. The van der Waals surface area contributed by atoms with Gasteiger partial charge in [0.2, 0.25) is 0 Å². The number of carboxylic acids is 1. The van der Waals surface area contributed by atoms with Crippen molar-refractivity contribution in [2.24, 2.45) is 5.41 Å². The Kier molecular flexibility index (Phi) is 4.24. The second-order valence-corrected chi connectivity index (χ2v) is 4.99. The molecule has 0 radical (unpaired) electrons. The van der Waals surface area contributed by atoms with E-state index in [1.165, 1.54) is 18.2 Å². The number of halogens is 1. The highest BCUT2D eigenvalue weighted by Crippen LogP contribution is 2.30. The maximum Gasteiger partial charge on any atom is 0.313 e. The number of carbonyl (C=O) groups is 1. The molecule has 0 aliphatic heterocycles. The Bertz CT molecular complexity index is 515. The third kappa shape index (κ3) is 2.95. The van der Waals surface area contributed by atoms with Crippen molar-refractivity contribution in [2.75, 3.05) is 0 Å². The Morgan fingerprint density at radius 2 is 2.28 bits per heavy atom. The Hall–Kier alpha value is -1.69.